The molecule has 0 aliphatic carbocycles. The Kier molecular flexibility index (Phi) is 6.68. The molecule has 1 aromatic rings. The predicted octanol–water partition coefficient (Wildman–Crippen LogP) is 1.05. The van der Waals surface area contributed by atoms with Crippen LogP contribution >= 0.6 is 0 Å². The van der Waals surface area contributed by atoms with E-state index in [2.05, 4.69) is 0 Å². The summed E-state index contributed by atoms with van der Waals surface area (Å²) in [4.78, 5) is 0. The van der Waals surface area contributed by atoms with Gasteiger partial charge in [0, 0.05) is 0 Å². The number of rotatable bonds is 1. The molecule has 2 nitrogen and oxygen atoms in total. The van der Waals surface area contributed by atoms with Crippen LogP contribution in [0.1, 0.15) is 6.92 Å². The van der Waals surface area contributed by atoms with E-state index in [0.717, 1.165) is 0 Å². The molecule has 0 amide bonds. The van der Waals surface area contributed by atoms with Crippen LogP contribution in [0.3, 0.4) is 0 Å². The third-order valence-electron chi connectivity index (χ3n) is 0.931. The maximum Gasteiger partial charge on any atom is 0.0742 e. The fraction of sp³-hybridized carbons (Fsp3) is 0.333. The highest BCUT2D eigenvalue weighted by atomic mass is 16.3. The summed E-state index contributed by atoms with van der Waals surface area (Å²) < 4.78 is 0. The molecule has 0 aliphatic heterocycles. The van der Waals surface area contributed by atoms with Crippen LogP contribution in [0.5, 0.6) is 0 Å². The van der Waals surface area contributed by atoms with Gasteiger partial charge in [0.2, 0.25) is 0 Å². The molecule has 0 aliphatic rings. The van der Waals surface area contributed by atoms with Crippen LogP contribution in [0.2, 0.25) is 0 Å². The molecule has 0 fully saturated rings. The molecule has 0 spiro atoms. The van der Waals surface area contributed by atoms with E-state index in [4.69, 9.17) is 10.2 Å². The summed E-state index contributed by atoms with van der Waals surface area (Å²) in [6, 6.07) is 12.0. The zero-order chi connectivity index (χ0) is 8.53. The Bertz CT molecular complexity index is 122. The Labute approximate surface area is 67.1 Å². The van der Waals surface area contributed by atoms with Gasteiger partial charge in [-0.1, -0.05) is 36.4 Å². The number of aliphatic hydroxyl groups is 2. The first-order valence-corrected chi connectivity index (χ1v) is 3.56. The zero-order valence-corrected chi connectivity index (χ0v) is 6.64. The topological polar surface area (TPSA) is 40.5 Å². The lowest BCUT2D eigenvalue weighted by atomic mass is 10.4. The summed E-state index contributed by atoms with van der Waals surface area (Å²) in [7, 11) is 0. The van der Waals surface area contributed by atoms with Crippen molar-refractivity contribution in [3.8, 4) is 0 Å². The van der Waals surface area contributed by atoms with E-state index in [1.807, 2.05) is 36.4 Å². The van der Waals surface area contributed by atoms with Crippen LogP contribution in [-0.4, -0.2) is 22.9 Å². The summed E-state index contributed by atoms with van der Waals surface area (Å²) in [6.07, 6.45) is -0.560. The summed E-state index contributed by atoms with van der Waals surface area (Å²) in [5.74, 6) is 0. The van der Waals surface area contributed by atoms with E-state index in [0.29, 0.717) is 0 Å². The molecular formula is C9H14O2. The largest absolute Gasteiger partial charge is 0.394 e. The van der Waals surface area contributed by atoms with Gasteiger partial charge in [-0.25, -0.2) is 0 Å². The Morgan fingerprint density at radius 3 is 1.27 bits per heavy atom. The van der Waals surface area contributed by atoms with Gasteiger partial charge < -0.3 is 10.2 Å². The van der Waals surface area contributed by atoms with E-state index in [1.165, 1.54) is 6.92 Å². The normalized spacial score (nSPS) is 11.2. The number of benzene rings is 1. The van der Waals surface area contributed by atoms with Gasteiger partial charge in [-0.2, -0.15) is 0 Å². The van der Waals surface area contributed by atoms with Crippen molar-refractivity contribution in [1.82, 2.24) is 0 Å². The fourth-order valence-corrected chi connectivity index (χ4v) is 0.385. The SMILES string of the molecule is CC(O)CO.c1ccccc1. The van der Waals surface area contributed by atoms with Crippen molar-refractivity contribution in [1.29, 1.82) is 0 Å². The van der Waals surface area contributed by atoms with Gasteiger partial charge in [0.05, 0.1) is 12.7 Å². The Balaban J connectivity index is 0.000000187. The van der Waals surface area contributed by atoms with E-state index < -0.39 is 6.10 Å². The third-order valence-corrected chi connectivity index (χ3v) is 0.931. The zero-order valence-electron chi connectivity index (χ0n) is 6.64. The molecular weight excluding hydrogens is 140 g/mol. The quantitative estimate of drug-likeness (QED) is 0.634. The standard InChI is InChI=1S/C6H6.C3H8O2/c1-2-4-6-5-3-1;1-3(5)2-4/h1-6H;3-5H,2H2,1H3. The molecule has 0 bridgehead atoms. The molecule has 0 heterocycles. The van der Waals surface area contributed by atoms with Crippen LogP contribution in [0.15, 0.2) is 36.4 Å². The second kappa shape index (κ2) is 7.25. The van der Waals surface area contributed by atoms with Gasteiger partial charge in [0.25, 0.3) is 0 Å². The van der Waals surface area contributed by atoms with Gasteiger partial charge >= 0.3 is 0 Å². The molecule has 1 rings (SSSR count). The molecule has 0 aromatic heterocycles. The number of aliphatic hydroxyl groups excluding tert-OH is 2. The Morgan fingerprint density at radius 2 is 1.18 bits per heavy atom. The van der Waals surface area contributed by atoms with E-state index in [9.17, 15) is 0 Å². The minimum Gasteiger partial charge on any atom is -0.394 e. The highest BCUT2D eigenvalue weighted by Crippen LogP contribution is 1.79. The average molecular weight is 154 g/mol. The minimum absolute atomic E-state index is 0.139. The van der Waals surface area contributed by atoms with Crippen LogP contribution < -0.4 is 0 Å². The second-order valence-electron chi connectivity index (χ2n) is 2.19. The first-order chi connectivity index (χ1) is 5.27. The van der Waals surface area contributed by atoms with Crippen molar-refractivity contribution in [3.63, 3.8) is 0 Å². The molecule has 0 saturated carbocycles. The van der Waals surface area contributed by atoms with Crippen molar-refractivity contribution < 1.29 is 10.2 Å². The fourth-order valence-electron chi connectivity index (χ4n) is 0.385. The lowest BCUT2D eigenvalue weighted by Gasteiger charge is -1.90. The molecule has 11 heavy (non-hydrogen) atoms. The van der Waals surface area contributed by atoms with Crippen molar-refractivity contribution in [3.05, 3.63) is 36.4 Å². The molecule has 1 unspecified atom stereocenters. The van der Waals surface area contributed by atoms with E-state index >= 15 is 0 Å². The van der Waals surface area contributed by atoms with Gasteiger partial charge in [-0.15, -0.1) is 0 Å². The van der Waals surface area contributed by atoms with Crippen molar-refractivity contribution in [2.75, 3.05) is 6.61 Å². The van der Waals surface area contributed by atoms with Gasteiger partial charge in [0.1, 0.15) is 0 Å². The van der Waals surface area contributed by atoms with Crippen molar-refractivity contribution in [2.45, 2.75) is 13.0 Å². The smallest absolute Gasteiger partial charge is 0.0742 e. The maximum atomic E-state index is 8.11. The molecule has 1 aromatic carbocycles. The summed E-state index contributed by atoms with van der Waals surface area (Å²) >= 11 is 0. The van der Waals surface area contributed by atoms with Gasteiger partial charge in [0.15, 0.2) is 0 Å². The summed E-state index contributed by atoms with van der Waals surface area (Å²) in [6.45, 7) is 1.39. The second-order valence-corrected chi connectivity index (χ2v) is 2.19. The van der Waals surface area contributed by atoms with Gasteiger partial charge in [-0.05, 0) is 6.92 Å². The Morgan fingerprint density at radius 1 is 1.00 bits per heavy atom. The monoisotopic (exact) mass is 154 g/mol. The van der Waals surface area contributed by atoms with Crippen molar-refractivity contribution >= 4 is 0 Å². The highest BCUT2D eigenvalue weighted by molar-refractivity contribution is 4.99. The van der Waals surface area contributed by atoms with Crippen LogP contribution in [0.4, 0.5) is 0 Å². The average Bonchev–Trinajstić information content (AvgIpc) is 2.09. The predicted molar refractivity (Wildman–Crippen MR) is 45.2 cm³/mol. The van der Waals surface area contributed by atoms with Crippen LogP contribution in [0.25, 0.3) is 0 Å². The lowest BCUT2D eigenvalue weighted by molar-refractivity contribution is 0.110. The van der Waals surface area contributed by atoms with E-state index in [-0.39, 0.29) is 6.61 Å². The highest BCUT2D eigenvalue weighted by Gasteiger charge is 1.83. The lowest BCUT2D eigenvalue weighted by Crippen LogP contribution is -2.03. The number of hydrogen-bond donors (Lipinski definition) is 2. The number of hydrogen-bond acceptors (Lipinski definition) is 2. The molecule has 62 valence electrons. The molecule has 2 heteroatoms. The molecule has 0 radical (unpaired) electrons. The molecule has 2 N–H and O–H groups in total. The van der Waals surface area contributed by atoms with Crippen molar-refractivity contribution in [2.24, 2.45) is 0 Å². The van der Waals surface area contributed by atoms with E-state index in [1.54, 1.807) is 0 Å². The minimum atomic E-state index is -0.560. The van der Waals surface area contributed by atoms with Crippen LogP contribution in [0, 0.1) is 0 Å². The van der Waals surface area contributed by atoms with Crippen LogP contribution in [-0.2, 0) is 0 Å². The summed E-state index contributed by atoms with van der Waals surface area (Å²) in [5.41, 5.74) is 0. The first-order valence-electron chi connectivity index (χ1n) is 3.56. The van der Waals surface area contributed by atoms with Gasteiger partial charge in [-0.3, -0.25) is 0 Å². The first kappa shape index (κ1) is 10.1. The third kappa shape index (κ3) is 9.14. The molecule has 1 atom stereocenters. The Hall–Kier alpha value is -0.860. The maximum absolute atomic E-state index is 8.11. The summed E-state index contributed by atoms with van der Waals surface area (Å²) in [5, 5.41) is 16.0. The molecule has 0 saturated heterocycles.